The van der Waals surface area contributed by atoms with Crippen molar-refractivity contribution >= 4 is 0 Å². The summed E-state index contributed by atoms with van der Waals surface area (Å²) in [6.07, 6.45) is 1.02. The van der Waals surface area contributed by atoms with Gasteiger partial charge in [0, 0.05) is 44.8 Å². The second-order valence-corrected chi connectivity index (χ2v) is 5.49. The van der Waals surface area contributed by atoms with Gasteiger partial charge in [-0.2, -0.15) is 0 Å². The Bertz CT molecular complexity index is 218. The van der Waals surface area contributed by atoms with Crippen molar-refractivity contribution in [1.82, 2.24) is 9.80 Å². The van der Waals surface area contributed by atoms with Crippen molar-refractivity contribution in [3.05, 3.63) is 0 Å². The van der Waals surface area contributed by atoms with Crippen LogP contribution >= 0.6 is 0 Å². The minimum atomic E-state index is -0.102. The Morgan fingerprint density at radius 1 is 0.889 bits per heavy atom. The standard InChI is InChI=1S/C13H27N3O2/c1-2-13(14,11-15-3-7-17-8-4-15)12-16-5-9-18-10-6-16/h2-12,14H2,1H3. The Morgan fingerprint density at radius 3 is 1.61 bits per heavy atom. The Morgan fingerprint density at radius 2 is 1.28 bits per heavy atom. The summed E-state index contributed by atoms with van der Waals surface area (Å²) in [4.78, 5) is 4.88. The fourth-order valence-corrected chi connectivity index (χ4v) is 2.68. The second kappa shape index (κ2) is 6.82. The lowest BCUT2D eigenvalue weighted by Gasteiger charge is -2.40. The van der Waals surface area contributed by atoms with E-state index >= 15 is 0 Å². The van der Waals surface area contributed by atoms with Crippen LogP contribution in [-0.4, -0.2) is 81.0 Å². The lowest BCUT2D eigenvalue weighted by atomic mass is 9.95. The molecule has 2 aliphatic rings. The van der Waals surface area contributed by atoms with Crippen molar-refractivity contribution in [1.29, 1.82) is 0 Å². The Hall–Kier alpha value is -0.200. The fraction of sp³-hybridized carbons (Fsp3) is 1.00. The molecule has 0 atom stereocenters. The first-order valence-electron chi connectivity index (χ1n) is 7.11. The van der Waals surface area contributed by atoms with Gasteiger partial charge in [-0.15, -0.1) is 0 Å². The van der Waals surface area contributed by atoms with Crippen LogP contribution in [0.25, 0.3) is 0 Å². The third-order valence-electron chi connectivity index (χ3n) is 3.99. The summed E-state index contributed by atoms with van der Waals surface area (Å²) in [5.41, 5.74) is 6.49. The molecule has 2 rings (SSSR count). The number of morpholine rings is 2. The fourth-order valence-electron chi connectivity index (χ4n) is 2.68. The van der Waals surface area contributed by atoms with Crippen LogP contribution in [-0.2, 0) is 9.47 Å². The maximum absolute atomic E-state index is 6.59. The summed E-state index contributed by atoms with van der Waals surface area (Å²) in [5, 5.41) is 0. The number of ether oxygens (including phenoxy) is 2. The summed E-state index contributed by atoms with van der Waals surface area (Å²) in [5.74, 6) is 0. The van der Waals surface area contributed by atoms with Crippen molar-refractivity contribution in [3.63, 3.8) is 0 Å². The zero-order valence-electron chi connectivity index (χ0n) is 11.6. The molecule has 2 heterocycles. The lowest BCUT2D eigenvalue weighted by molar-refractivity contribution is 0.00601. The molecule has 5 nitrogen and oxygen atoms in total. The van der Waals surface area contributed by atoms with E-state index in [0.717, 1.165) is 72.1 Å². The number of nitrogens with zero attached hydrogens (tertiary/aromatic N) is 2. The van der Waals surface area contributed by atoms with Gasteiger partial charge in [-0.25, -0.2) is 0 Å². The summed E-state index contributed by atoms with van der Waals surface area (Å²) in [6, 6.07) is 0. The smallest absolute Gasteiger partial charge is 0.0594 e. The Kier molecular flexibility index (Phi) is 5.38. The SMILES string of the molecule is CCC(N)(CN1CCOCC1)CN1CCOCC1. The predicted molar refractivity (Wildman–Crippen MR) is 71.7 cm³/mol. The van der Waals surface area contributed by atoms with Crippen molar-refractivity contribution in [2.24, 2.45) is 5.73 Å². The molecule has 0 bridgehead atoms. The van der Waals surface area contributed by atoms with Gasteiger partial charge in [-0.3, -0.25) is 9.80 Å². The molecular weight excluding hydrogens is 230 g/mol. The summed E-state index contributed by atoms with van der Waals surface area (Å²) in [6.45, 7) is 11.6. The predicted octanol–water partition coefficient (Wildman–Crippen LogP) is -0.242. The minimum absolute atomic E-state index is 0.102. The topological polar surface area (TPSA) is 51.0 Å². The number of rotatable bonds is 5. The van der Waals surface area contributed by atoms with E-state index in [1.807, 2.05) is 0 Å². The van der Waals surface area contributed by atoms with E-state index in [1.54, 1.807) is 0 Å². The van der Waals surface area contributed by atoms with E-state index < -0.39 is 0 Å². The first-order chi connectivity index (χ1) is 8.72. The van der Waals surface area contributed by atoms with Gasteiger partial charge in [0.25, 0.3) is 0 Å². The molecule has 5 heteroatoms. The summed E-state index contributed by atoms with van der Waals surface area (Å²) < 4.78 is 10.8. The van der Waals surface area contributed by atoms with Gasteiger partial charge in [0.15, 0.2) is 0 Å². The summed E-state index contributed by atoms with van der Waals surface area (Å²) in [7, 11) is 0. The molecule has 2 saturated heterocycles. The van der Waals surface area contributed by atoms with E-state index in [0.29, 0.717) is 0 Å². The zero-order chi connectivity index (χ0) is 12.8. The molecule has 0 spiro atoms. The molecule has 0 amide bonds. The molecule has 0 aromatic heterocycles. The summed E-state index contributed by atoms with van der Waals surface area (Å²) >= 11 is 0. The molecule has 0 aromatic carbocycles. The maximum atomic E-state index is 6.59. The van der Waals surface area contributed by atoms with Gasteiger partial charge >= 0.3 is 0 Å². The average molecular weight is 257 g/mol. The van der Waals surface area contributed by atoms with E-state index in [1.165, 1.54) is 0 Å². The first kappa shape index (κ1) is 14.2. The minimum Gasteiger partial charge on any atom is -0.379 e. The van der Waals surface area contributed by atoms with Gasteiger partial charge in [-0.05, 0) is 6.42 Å². The van der Waals surface area contributed by atoms with Crippen molar-refractivity contribution in [3.8, 4) is 0 Å². The highest BCUT2D eigenvalue weighted by molar-refractivity contribution is 4.90. The molecule has 2 fully saturated rings. The van der Waals surface area contributed by atoms with E-state index in [-0.39, 0.29) is 5.54 Å². The Balaban J connectivity index is 1.83. The third-order valence-corrected chi connectivity index (χ3v) is 3.99. The van der Waals surface area contributed by atoms with E-state index in [4.69, 9.17) is 15.2 Å². The third kappa shape index (κ3) is 4.17. The average Bonchev–Trinajstić information content (AvgIpc) is 2.41. The number of nitrogens with two attached hydrogens (primary N) is 1. The molecule has 2 N–H and O–H groups in total. The molecule has 18 heavy (non-hydrogen) atoms. The van der Waals surface area contributed by atoms with Crippen LogP contribution in [0.1, 0.15) is 13.3 Å². The van der Waals surface area contributed by atoms with Crippen LogP contribution in [0.3, 0.4) is 0 Å². The van der Waals surface area contributed by atoms with Crippen LogP contribution in [0.5, 0.6) is 0 Å². The molecule has 0 aromatic rings. The van der Waals surface area contributed by atoms with Gasteiger partial charge in [0.2, 0.25) is 0 Å². The molecule has 0 radical (unpaired) electrons. The van der Waals surface area contributed by atoms with E-state index in [9.17, 15) is 0 Å². The zero-order valence-corrected chi connectivity index (χ0v) is 11.6. The van der Waals surface area contributed by atoms with Gasteiger partial charge in [0.05, 0.1) is 26.4 Å². The van der Waals surface area contributed by atoms with Crippen LogP contribution < -0.4 is 5.73 Å². The molecule has 0 unspecified atom stereocenters. The highest BCUT2D eigenvalue weighted by Gasteiger charge is 2.29. The Labute approximate surface area is 110 Å². The van der Waals surface area contributed by atoms with Crippen LogP contribution in [0.4, 0.5) is 0 Å². The van der Waals surface area contributed by atoms with Crippen LogP contribution in [0.2, 0.25) is 0 Å². The van der Waals surface area contributed by atoms with Crippen molar-refractivity contribution in [2.75, 3.05) is 65.7 Å². The normalized spacial score (nSPS) is 24.3. The highest BCUT2D eigenvalue weighted by Crippen LogP contribution is 2.14. The first-order valence-corrected chi connectivity index (χ1v) is 7.11. The monoisotopic (exact) mass is 257 g/mol. The molecule has 2 aliphatic heterocycles. The second-order valence-electron chi connectivity index (χ2n) is 5.49. The highest BCUT2D eigenvalue weighted by atomic mass is 16.5. The van der Waals surface area contributed by atoms with E-state index in [2.05, 4.69) is 16.7 Å². The van der Waals surface area contributed by atoms with Crippen molar-refractivity contribution < 1.29 is 9.47 Å². The molecular formula is C13H27N3O2. The number of hydrogen-bond acceptors (Lipinski definition) is 5. The van der Waals surface area contributed by atoms with Crippen LogP contribution in [0.15, 0.2) is 0 Å². The maximum Gasteiger partial charge on any atom is 0.0594 e. The number of hydrogen-bond donors (Lipinski definition) is 1. The van der Waals surface area contributed by atoms with Crippen LogP contribution in [0, 0.1) is 0 Å². The quantitative estimate of drug-likeness (QED) is 0.736. The molecule has 0 aliphatic carbocycles. The van der Waals surface area contributed by atoms with Gasteiger partial charge in [0.1, 0.15) is 0 Å². The molecule has 0 saturated carbocycles. The van der Waals surface area contributed by atoms with Gasteiger partial charge < -0.3 is 15.2 Å². The molecule has 106 valence electrons. The van der Waals surface area contributed by atoms with Crippen molar-refractivity contribution in [2.45, 2.75) is 18.9 Å². The van der Waals surface area contributed by atoms with Gasteiger partial charge in [-0.1, -0.05) is 6.92 Å². The largest absolute Gasteiger partial charge is 0.379 e. The lowest BCUT2D eigenvalue weighted by Crippen LogP contribution is -2.59.